The molecule has 0 saturated carbocycles. The van der Waals surface area contributed by atoms with E-state index in [0.717, 1.165) is 17.0 Å². The van der Waals surface area contributed by atoms with E-state index in [9.17, 15) is 0 Å². The molecule has 0 atom stereocenters. The summed E-state index contributed by atoms with van der Waals surface area (Å²) in [5, 5.41) is 0. The molecule has 0 amide bonds. The van der Waals surface area contributed by atoms with Crippen LogP contribution in [0, 0.1) is 0 Å². The Morgan fingerprint density at radius 1 is 0.571 bits per heavy atom. The van der Waals surface area contributed by atoms with Crippen LogP contribution in [0.4, 0.5) is 0 Å². The molecule has 0 aliphatic carbocycles. The lowest BCUT2D eigenvalue weighted by molar-refractivity contribution is 0.543. The van der Waals surface area contributed by atoms with Crippen molar-refractivity contribution in [2.75, 3.05) is 0 Å². The Kier molecular flexibility index (Phi) is 4.70. The van der Waals surface area contributed by atoms with Crippen LogP contribution < -0.4 is 0 Å². The number of benzene rings is 2. The summed E-state index contributed by atoms with van der Waals surface area (Å²) in [5.41, 5.74) is 4.03. The zero-order valence-corrected chi connectivity index (χ0v) is 16.3. The third-order valence-corrected chi connectivity index (χ3v) is 4.48. The Hall–Kier alpha value is -3.40. The van der Waals surface area contributed by atoms with Gasteiger partial charge >= 0.3 is 0 Å². The van der Waals surface area contributed by atoms with Gasteiger partial charge in [-0.05, 0) is 23.3 Å². The number of rotatable bonds is 3. The number of aromatic nitrogens is 4. The topological polar surface area (TPSA) is 51.6 Å². The van der Waals surface area contributed by atoms with Crippen LogP contribution >= 0.6 is 0 Å². The Labute approximate surface area is 165 Å². The van der Waals surface area contributed by atoms with Crippen molar-refractivity contribution in [1.82, 2.24) is 19.9 Å². The third kappa shape index (κ3) is 3.81. The van der Waals surface area contributed by atoms with Crippen LogP contribution in [-0.4, -0.2) is 19.9 Å². The molecule has 0 aliphatic rings. The van der Waals surface area contributed by atoms with E-state index >= 15 is 0 Å². The molecule has 4 aromatic rings. The van der Waals surface area contributed by atoms with Gasteiger partial charge in [-0.15, -0.1) is 0 Å². The summed E-state index contributed by atoms with van der Waals surface area (Å²) in [7, 11) is 0. The van der Waals surface area contributed by atoms with Gasteiger partial charge in [-0.3, -0.25) is 4.98 Å². The van der Waals surface area contributed by atoms with Crippen LogP contribution in [0.5, 0.6) is 0 Å². The van der Waals surface area contributed by atoms with E-state index in [1.165, 1.54) is 11.1 Å². The Morgan fingerprint density at radius 2 is 1.14 bits per heavy atom. The zero-order valence-electron chi connectivity index (χ0n) is 16.3. The molecule has 0 bridgehead atoms. The summed E-state index contributed by atoms with van der Waals surface area (Å²) in [4.78, 5) is 18.4. The molecule has 0 aliphatic heterocycles. The van der Waals surface area contributed by atoms with Crippen molar-refractivity contribution in [3.05, 3.63) is 84.9 Å². The first-order valence-corrected chi connectivity index (χ1v) is 9.33. The first kappa shape index (κ1) is 18.0. The van der Waals surface area contributed by atoms with Gasteiger partial charge in [-0.1, -0.05) is 75.4 Å². The molecule has 0 unspecified atom stereocenters. The molecule has 28 heavy (non-hydrogen) atoms. The maximum absolute atomic E-state index is 4.76. The second kappa shape index (κ2) is 7.31. The summed E-state index contributed by atoms with van der Waals surface area (Å²) in [5.74, 6) is 2.09. The minimum Gasteiger partial charge on any atom is -0.264 e. The average molecular weight is 366 g/mol. The molecule has 138 valence electrons. The highest BCUT2D eigenvalue weighted by Gasteiger charge is 2.21. The van der Waals surface area contributed by atoms with E-state index in [-0.39, 0.29) is 5.41 Å². The summed E-state index contributed by atoms with van der Waals surface area (Å²) in [6, 6.07) is 22.5. The lowest BCUT2D eigenvalue weighted by atomic mass is 9.95. The normalized spacial score (nSPS) is 11.4. The Morgan fingerprint density at radius 3 is 1.75 bits per heavy atom. The zero-order chi connectivity index (χ0) is 19.6. The fourth-order valence-electron chi connectivity index (χ4n) is 2.91. The Balaban J connectivity index is 1.78. The van der Waals surface area contributed by atoms with E-state index in [4.69, 9.17) is 15.0 Å². The highest BCUT2D eigenvalue weighted by atomic mass is 15.0. The van der Waals surface area contributed by atoms with E-state index in [1.54, 1.807) is 12.4 Å². The number of hydrogen-bond donors (Lipinski definition) is 0. The molecule has 4 nitrogen and oxygen atoms in total. The first-order valence-electron chi connectivity index (χ1n) is 9.33. The van der Waals surface area contributed by atoms with Crippen LogP contribution in [-0.2, 0) is 5.41 Å². The highest BCUT2D eigenvalue weighted by Crippen LogP contribution is 2.27. The predicted octanol–water partition coefficient (Wildman–Crippen LogP) is 5.57. The van der Waals surface area contributed by atoms with Crippen LogP contribution in [0.15, 0.2) is 79.1 Å². The summed E-state index contributed by atoms with van der Waals surface area (Å²) < 4.78 is 0. The number of hydrogen-bond acceptors (Lipinski definition) is 4. The van der Waals surface area contributed by atoms with Crippen molar-refractivity contribution in [2.45, 2.75) is 26.2 Å². The number of nitrogens with zero attached hydrogens (tertiary/aromatic N) is 4. The van der Waals surface area contributed by atoms with Crippen molar-refractivity contribution in [1.29, 1.82) is 0 Å². The maximum atomic E-state index is 4.76. The summed E-state index contributed by atoms with van der Waals surface area (Å²) >= 11 is 0. The van der Waals surface area contributed by atoms with Gasteiger partial charge in [-0.25, -0.2) is 15.0 Å². The van der Waals surface area contributed by atoms with Gasteiger partial charge in [0, 0.05) is 28.9 Å². The molecule has 0 N–H and O–H groups in total. The van der Waals surface area contributed by atoms with E-state index in [0.29, 0.717) is 11.6 Å². The maximum Gasteiger partial charge on any atom is 0.165 e. The largest absolute Gasteiger partial charge is 0.264 e. The van der Waals surface area contributed by atoms with Crippen molar-refractivity contribution in [3.8, 4) is 33.9 Å². The van der Waals surface area contributed by atoms with Gasteiger partial charge in [0.05, 0.1) is 0 Å². The van der Waals surface area contributed by atoms with E-state index in [2.05, 4.69) is 62.2 Å². The van der Waals surface area contributed by atoms with Gasteiger partial charge < -0.3 is 0 Å². The molecule has 2 aromatic heterocycles. The molecular weight excluding hydrogens is 344 g/mol. The van der Waals surface area contributed by atoms with Gasteiger partial charge in [0.15, 0.2) is 11.6 Å². The third-order valence-electron chi connectivity index (χ3n) is 4.48. The van der Waals surface area contributed by atoms with Crippen LogP contribution in [0.25, 0.3) is 33.9 Å². The van der Waals surface area contributed by atoms with Crippen molar-refractivity contribution in [2.24, 2.45) is 0 Å². The molecule has 0 saturated heterocycles. The lowest BCUT2D eigenvalue weighted by Crippen LogP contribution is -2.18. The highest BCUT2D eigenvalue weighted by molar-refractivity contribution is 5.68. The van der Waals surface area contributed by atoms with E-state index in [1.807, 2.05) is 30.3 Å². The molecule has 4 heteroatoms. The molecule has 0 radical (unpaired) electrons. The van der Waals surface area contributed by atoms with Gasteiger partial charge in [-0.2, -0.15) is 0 Å². The fourth-order valence-corrected chi connectivity index (χ4v) is 2.91. The fraction of sp³-hybridized carbons (Fsp3) is 0.167. The smallest absolute Gasteiger partial charge is 0.165 e. The van der Waals surface area contributed by atoms with Crippen LogP contribution in [0.2, 0.25) is 0 Å². The summed E-state index contributed by atoms with van der Waals surface area (Å²) in [6.45, 7) is 6.33. The molecule has 2 heterocycles. The first-order chi connectivity index (χ1) is 13.5. The molecule has 2 aromatic carbocycles. The quantitative estimate of drug-likeness (QED) is 0.476. The Bertz CT molecular complexity index is 1070. The van der Waals surface area contributed by atoms with Crippen molar-refractivity contribution >= 4 is 0 Å². The molecule has 4 rings (SSSR count). The lowest BCUT2D eigenvalue weighted by Gasteiger charge is -2.18. The second-order valence-electron chi connectivity index (χ2n) is 7.74. The number of pyridine rings is 1. The van der Waals surface area contributed by atoms with Crippen molar-refractivity contribution in [3.63, 3.8) is 0 Å². The standard InChI is InChI=1S/C24H22N4/c1-24(2,3)23-27-21(26-22(28-23)20-10-7-15-25-16-20)19-13-11-18(12-14-19)17-8-5-4-6-9-17/h4-16H,1-3H3. The van der Waals surface area contributed by atoms with Crippen molar-refractivity contribution < 1.29 is 0 Å². The predicted molar refractivity (Wildman–Crippen MR) is 113 cm³/mol. The van der Waals surface area contributed by atoms with Gasteiger partial charge in [0.1, 0.15) is 5.82 Å². The monoisotopic (exact) mass is 366 g/mol. The molecule has 0 spiro atoms. The average Bonchev–Trinajstić information content (AvgIpc) is 2.74. The van der Waals surface area contributed by atoms with Crippen LogP contribution in [0.1, 0.15) is 26.6 Å². The summed E-state index contributed by atoms with van der Waals surface area (Å²) in [6.07, 6.45) is 3.53. The van der Waals surface area contributed by atoms with Gasteiger partial charge in [0.25, 0.3) is 0 Å². The minimum absolute atomic E-state index is 0.182. The van der Waals surface area contributed by atoms with Gasteiger partial charge in [0.2, 0.25) is 0 Å². The molecule has 0 fully saturated rings. The second-order valence-corrected chi connectivity index (χ2v) is 7.74. The van der Waals surface area contributed by atoms with E-state index < -0.39 is 0 Å². The molecular formula is C24H22N4. The minimum atomic E-state index is -0.182. The van der Waals surface area contributed by atoms with Crippen LogP contribution in [0.3, 0.4) is 0 Å². The SMILES string of the molecule is CC(C)(C)c1nc(-c2ccc(-c3ccccc3)cc2)nc(-c2cccnc2)n1.